The molecule has 4 N–H and O–H groups in total. The average molecular weight is 889 g/mol. The van der Waals surface area contributed by atoms with Crippen LogP contribution < -0.4 is 10.6 Å². The second kappa shape index (κ2) is 18.3. The van der Waals surface area contributed by atoms with Crippen LogP contribution in [0.2, 0.25) is 5.02 Å². The van der Waals surface area contributed by atoms with Gasteiger partial charge in [-0.3, -0.25) is 24.2 Å². The molecule has 64 heavy (non-hydrogen) atoms. The number of carbonyl (C=O) groups excluding carboxylic acids is 2. The smallest absolute Gasteiger partial charge is 0.335 e. The number of nitrogens with one attached hydrogen (secondary N) is 2. The van der Waals surface area contributed by atoms with E-state index in [1.165, 1.54) is 0 Å². The van der Waals surface area contributed by atoms with Crippen molar-refractivity contribution in [3.8, 4) is 11.1 Å². The molecule has 0 atom stereocenters. The molecule has 0 unspecified atom stereocenters. The Labute approximate surface area is 378 Å². The Morgan fingerprint density at radius 2 is 1.44 bits per heavy atom. The lowest BCUT2D eigenvalue weighted by atomic mass is 9.80. The van der Waals surface area contributed by atoms with Gasteiger partial charge in [0.2, 0.25) is 0 Å². The number of anilines is 2. The van der Waals surface area contributed by atoms with Gasteiger partial charge in [-0.15, -0.1) is 0 Å². The van der Waals surface area contributed by atoms with E-state index in [2.05, 4.69) is 32.3 Å². The predicted molar refractivity (Wildman–Crippen MR) is 246 cm³/mol. The minimum atomic E-state index is -0.902. The van der Waals surface area contributed by atoms with Crippen molar-refractivity contribution >= 4 is 47.1 Å². The normalized spacial score (nSPS) is 20.2. The second-order valence-corrected chi connectivity index (χ2v) is 18.5. The van der Waals surface area contributed by atoms with Gasteiger partial charge in [0.05, 0.1) is 33.1 Å². The predicted octanol–water partition coefficient (Wildman–Crippen LogP) is 7.66. The number of aldehydes is 1. The summed E-state index contributed by atoms with van der Waals surface area (Å²) in [5, 5.41) is 25.4. The summed E-state index contributed by atoms with van der Waals surface area (Å²) in [5.74, 6) is -0.927. The zero-order valence-electron chi connectivity index (χ0n) is 37.0. The van der Waals surface area contributed by atoms with Crippen LogP contribution in [0.5, 0.6) is 0 Å². The van der Waals surface area contributed by atoms with Crippen LogP contribution in [0.1, 0.15) is 104 Å². The largest absolute Gasteiger partial charge is 0.481 e. The Balaban J connectivity index is 0.000000206. The molecule has 2 aliphatic carbocycles. The highest BCUT2D eigenvalue weighted by molar-refractivity contribution is 6.36. The highest BCUT2D eigenvalue weighted by atomic mass is 35.5. The van der Waals surface area contributed by atoms with Crippen LogP contribution in [0.15, 0.2) is 60.7 Å². The summed E-state index contributed by atoms with van der Waals surface area (Å²) >= 11 is 6.84. The number of imidazole rings is 2. The summed E-state index contributed by atoms with van der Waals surface area (Å²) in [6, 6.07) is 18.7. The van der Waals surface area contributed by atoms with Crippen molar-refractivity contribution in [1.29, 1.82) is 0 Å². The molecule has 9 rings (SSSR count). The van der Waals surface area contributed by atoms with Crippen molar-refractivity contribution in [3.63, 3.8) is 0 Å². The van der Waals surface area contributed by atoms with Gasteiger partial charge in [-0.05, 0) is 105 Å². The molecule has 0 radical (unpaired) electrons. The number of nitrogens with zero attached hydrogens (tertiary/aromatic N) is 6. The fourth-order valence-electron chi connectivity index (χ4n) is 10.5. The summed E-state index contributed by atoms with van der Waals surface area (Å²) < 4.78 is 3.79. The molecule has 5 aromatic rings. The topological polar surface area (TPSA) is 175 Å². The summed E-state index contributed by atoms with van der Waals surface area (Å²) in [6.07, 6.45) is 8.93. The van der Waals surface area contributed by atoms with Crippen molar-refractivity contribution in [2.75, 3.05) is 43.9 Å². The molecule has 2 bridgehead atoms. The molecular formula is C49H57ClN8O6. The number of fused-ring (bicyclic) bond motifs is 4. The number of hydrogen-bond acceptors (Lipinski definition) is 9. The quantitative estimate of drug-likeness (QED) is 0.0855. The van der Waals surface area contributed by atoms with E-state index in [1.54, 1.807) is 12.1 Å². The van der Waals surface area contributed by atoms with Crippen molar-refractivity contribution in [3.05, 3.63) is 117 Å². The first-order valence-corrected chi connectivity index (χ1v) is 22.5. The number of aromatic nitrogens is 4. The fourth-order valence-corrected chi connectivity index (χ4v) is 10.8. The lowest BCUT2D eigenvalue weighted by molar-refractivity contribution is -0.148. The first-order chi connectivity index (χ1) is 30.7. The van der Waals surface area contributed by atoms with E-state index in [-0.39, 0.29) is 11.3 Å². The fraction of sp³-hybridized carbons (Fsp3) is 0.429. The Hall–Kier alpha value is -5.83. The van der Waals surface area contributed by atoms with Gasteiger partial charge in [0.1, 0.15) is 0 Å². The molecule has 14 nitrogen and oxygen atoms in total. The molecule has 0 spiro atoms. The zero-order chi connectivity index (χ0) is 45.3. The SMILES string of the molecule is CNc1cccc(-c2cccc(NC(=O)c3nc4c(n3C)CCN(CCC35CCC(C(=O)O)(CC3)C5)C4)c2Cl)c1C.Cn1c(C=O)nc2c1CCN(CCc1ccc(C(=O)O)cc1)C2. The molecule has 2 aliphatic heterocycles. The van der Waals surface area contributed by atoms with E-state index >= 15 is 0 Å². The molecule has 2 fully saturated rings. The van der Waals surface area contributed by atoms with Gasteiger partial charge in [0.25, 0.3) is 5.91 Å². The minimum Gasteiger partial charge on any atom is -0.481 e. The van der Waals surface area contributed by atoms with E-state index in [0.717, 1.165) is 148 Å². The first-order valence-electron chi connectivity index (χ1n) is 22.2. The van der Waals surface area contributed by atoms with Crippen LogP contribution in [0.3, 0.4) is 0 Å². The molecule has 3 aromatic carbocycles. The Bertz CT molecular complexity index is 2590. The molecular weight excluding hydrogens is 832 g/mol. The average Bonchev–Trinajstić information content (AvgIpc) is 4.06. The van der Waals surface area contributed by atoms with Crippen LogP contribution in [0.4, 0.5) is 11.4 Å². The maximum Gasteiger partial charge on any atom is 0.335 e. The van der Waals surface area contributed by atoms with E-state index in [1.807, 2.05) is 78.8 Å². The number of carboxylic acid groups (broad SMARTS) is 2. The number of rotatable bonds is 13. The number of hydrogen-bond donors (Lipinski definition) is 4. The lowest BCUT2D eigenvalue weighted by Crippen LogP contribution is -2.34. The molecule has 1 amide bonds. The first kappa shape index (κ1) is 44.8. The van der Waals surface area contributed by atoms with Gasteiger partial charge in [-0.1, -0.05) is 48.0 Å². The third kappa shape index (κ3) is 8.83. The standard InChI is InChI=1S/C32H38ClN5O3.C17H19N3O3/c1-20-21(6-4-8-23(20)34-2)22-7-5-9-24(27(22)33)36-29(39)28-35-25-18-38(16-10-26(25)37(28)3)17-15-31-11-13-32(19-31,14-12-31)30(40)41;1-19-15-7-9-20(10-14(15)18-16(19)11-21)8-6-12-2-4-13(5-3-12)17(22)23/h4-9,34H,10-19H2,1-3H3,(H,36,39)(H,40,41);2-5,11H,6-10H2,1H3,(H,22,23). The minimum absolute atomic E-state index is 0.175. The van der Waals surface area contributed by atoms with Crippen LogP contribution >= 0.6 is 11.6 Å². The van der Waals surface area contributed by atoms with Crippen molar-refractivity contribution in [2.45, 2.75) is 77.8 Å². The molecule has 4 aliphatic rings. The third-order valence-electron chi connectivity index (χ3n) is 14.5. The lowest BCUT2D eigenvalue weighted by Gasteiger charge is -2.32. The van der Waals surface area contributed by atoms with Gasteiger partial charge in [-0.2, -0.15) is 0 Å². The van der Waals surface area contributed by atoms with Crippen LogP contribution in [-0.4, -0.2) is 96.5 Å². The highest BCUT2D eigenvalue weighted by Crippen LogP contribution is 2.63. The van der Waals surface area contributed by atoms with E-state index in [4.69, 9.17) is 21.7 Å². The monoisotopic (exact) mass is 888 g/mol. The van der Waals surface area contributed by atoms with Crippen LogP contribution in [0.25, 0.3) is 11.1 Å². The molecule has 336 valence electrons. The van der Waals surface area contributed by atoms with E-state index < -0.39 is 17.4 Å². The number of halogens is 1. The summed E-state index contributed by atoms with van der Waals surface area (Å²) in [6.45, 7) is 7.18. The van der Waals surface area contributed by atoms with Gasteiger partial charge in [0.15, 0.2) is 17.9 Å². The molecule has 0 saturated heterocycles. The molecule has 15 heteroatoms. The van der Waals surface area contributed by atoms with E-state index in [0.29, 0.717) is 34.5 Å². The van der Waals surface area contributed by atoms with Gasteiger partial charge in [-0.25, -0.2) is 14.8 Å². The number of amides is 1. The van der Waals surface area contributed by atoms with Gasteiger partial charge < -0.3 is 30.0 Å². The Morgan fingerprint density at radius 3 is 2.06 bits per heavy atom. The number of carboxylic acids is 2. The van der Waals surface area contributed by atoms with Crippen LogP contribution in [-0.2, 0) is 51.2 Å². The summed E-state index contributed by atoms with van der Waals surface area (Å²) in [5.41, 5.74) is 9.84. The zero-order valence-corrected chi connectivity index (χ0v) is 37.8. The maximum atomic E-state index is 13.4. The van der Waals surface area contributed by atoms with Crippen molar-refractivity contribution in [1.82, 2.24) is 28.9 Å². The van der Waals surface area contributed by atoms with Gasteiger partial charge >= 0.3 is 11.9 Å². The van der Waals surface area contributed by atoms with Crippen LogP contribution in [0, 0.1) is 17.8 Å². The number of carbonyl (C=O) groups is 4. The molecule has 2 aromatic heterocycles. The molecule has 4 heterocycles. The summed E-state index contributed by atoms with van der Waals surface area (Å²) in [4.78, 5) is 61.0. The van der Waals surface area contributed by atoms with Crippen molar-refractivity contribution in [2.24, 2.45) is 24.9 Å². The highest BCUT2D eigenvalue weighted by Gasteiger charge is 2.57. The summed E-state index contributed by atoms with van der Waals surface area (Å²) in [7, 11) is 5.68. The number of aliphatic carboxylic acids is 1. The maximum absolute atomic E-state index is 13.4. The van der Waals surface area contributed by atoms with Crippen molar-refractivity contribution < 1.29 is 29.4 Å². The number of benzene rings is 3. The Kier molecular flexibility index (Phi) is 12.8. The van der Waals surface area contributed by atoms with E-state index in [9.17, 15) is 24.3 Å². The number of aromatic carboxylic acids is 1. The van der Waals surface area contributed by atoms with Gasteiger partial charge in [0, 0.05) is 89.3 Å². The third-order valence-corrected chi connectivity index (χ3v) is 14.9. The Morgan fingerprint density at radius 1 is 0.812 bits per heavy atom. The molecule has 2 saturated carbocycles. The second-order valence-electron chi connectivity index (χ2n) is 18.1.